The highest BCUT2D eigenvalue weighted by atomic mass is 16.5. The van der Waals surface area contributed by atoms with Crippen LogP contribution in [0.3, 0.4) is 0 Å². The Balaban J connectivity index is 1.34. The van der Waals surface area contributed by atoms with Crippen molar-refractivity contribution in [2.75, 3.05) is 13.2 Å². The van der Waals surface area contributed by atoms with Crippen molar-refractivity contribution in [3.05, 3.63) is 35.9 Å². The molecular formula is C29H38O6. The minimum absolute atomic E-state index is 0.0613. The van der Waals surface area contributed by atoms with Crippen molar-refractivity contribution < 1.29 is 29.3 Å². The summed E-state index contributed by atoms with van der Waals surface area (Å²) in [4.78, 5) is 25.5. The van der Waals surface area contributed by atoms with E-state index in [-0.39, 0.29) is 41.3 Å². The molecule has 0 spiro atoms. The van der Waals surface area contributed by atoms with Gasteiger partial charge in [0, 0.05) is 11.8 Å². The molecule has 3 fully saturated rings. The molecule has 3 saturated carbocycles. The van der Waals surface area contributed by atoms with E-state index in [2.05, 4.69) is 6.92 Å². The van der Waals surface area contributed by atoms with Crippen molar-refractivity contribution in [3.63, 3.8) is 0 Å². The first kappa shape index (κ1) is 24.5. The van der Waals surface area contributed by atoms with E-state index in [1.54, 1.807) is 24.3 Å². The first-order valence-electron chi connectivity index (χ1n) is 13.2. The highest BCUT2D eigenvalue weighted by Crippen LogP contribution is 2.67. The second-order valence-electron chi connectivity index (χ2n) is 11.6. The van der Waals surface area contributed by atoms with Gasteiger partial charge < -0.3 is 19.7 Å². The van der Waals surface area contributed by atoms with E-state index in [0.29, 0.717) is 31.6 Å². The summed E-state index contributed by atoms with van der Waals surface area (Å²) in [6.45, 7) is 6.50. The number of carbonyl (C=O) groups excluding carboxylic acids is 2. The number of hydrogen-bond acceptors (Lipinski definition) is 6. The number of ether oxygens (including phenoxy) is 2. The van der Waals surface area contributed by atoms with Crippen LogP contribution in [0, 0.1) is 28.6 Å². The SMILES string of the molecule is CCOc1ccc(OCC(=O)[C@@]2(O)CCC3C4CCC5=CC(=O)CCC5(C)C4[C@@H](O)CC32C)cc1. The number of aliphatic hydroxyl groups is 2. The van der Waals surface area contributed by atoms with Crippen LogP contribution in [-0.4, -0.2) is 46.7 Å². The first-order chi connectivity index (χ1) is 16.6. The van der Waals surface area contributed by atoms with E-state index >= 15 is 0 Å². The van der Waals surface area contributed by atoms with Crippen LogP contribution in [0.15, 0.2) is 35.9 Å². The minimum atomic E-state index is -1.52. The molecule has 0 bridgehead atoms. The summed E-state index contributed by atoms with van der Waals surface area (Å²) in [5.41, 5.74) is -1.21. The Morgan fingerprint density at radius 3 is 2.43 bits per heavy atom. The van der Waals surface area contributed by atoms with E-state index in [1.165, 1.54) is 5.57 Å². The Kier molecular flexibility index (Phi) is 6.12. The van der Waals surface area contributed by atoms with Crippen LogP contribution in [0.5, 0.6) is 11.5 Å². The minimum Gasteiger partial charge on any atom is -0.494 e. The lowest BCUT2D eigenvalue weighted by atomic mass is 9.45. The van der Waals surface area contributed by atoms with Crippen molar-refractivity contribution in [3.8, 4) is 11.5 Å². The Hall–Kier alpha value is -2.18. The summed E-state index contributed by atoms with van der Waals surface area (Å²) in [6, 6.07) is 7.12. The summed E-state index contributed by atoms with van der Waals surface area (Å²) < 4.78 is 11.2. The summed E-state index contributed by atoms with van der Waals surface area (Å²) >= 11 is 0. The van der Waals surface area contributed by atoms with Crippen LogP contribution in [0.25, 0.3) is 0 Å². The van der Waals surface area contributed by atoms with Gasteiger partial charge in [0.1, 0.15) is 23.7 Å². The molecule has 4 aliphatic rings. The number of allylic oxidation sites excluding steroid dienone is 1. The van der Waals surface area contributed by atoms with Gasteiger partial charge in [-0.25, -0.2) is 0 Å². The molecule has 35 heavy (non-hydrogen) atoms. The zero-order chi connectivity index (χ0) is 25.0. The second-order valence-corrected chi connectivity index (χ2v) is 11.6. The molecule has 7 atom stereocenters. The summed E-state index contributed by atoms with van der Waals surface area (Å²) in [5.74, 6) is 1.63. The standard InChI is InChI=1S/C29H38O6/c1-4-34-20-6-8-21(9-7-20)35-17-25(32)29(33)14-12-23-22-10-5-18-15-19(30)11-13-27(18,2)26(22)24(31)16-28(23,29)3/h6-9,15,22-24,26,31,33H,4-5,10-14,16-17H2,1-3H3/t22?,23?,24-,26?,27?,28?,29-/m0/s1. The third kappa shape index (κ3) is 3.75. The monoisotopic (exact) mass is 482 g/mol. The fourth-order valence-corrected chi connectivity index (χ4v) is 8.22. The third-order valence-corrected chi connectivity index (χ3v) is 10.0. The van der Waals surface area contributed by atoms with Gasteiger partial charge in [0.25, 0.3) is 0 Å². The van der Waals surface area contributed by atoms with E-state index in [0.717, 1.165) is 31.4 Å². The lowest BCUT2D eigenvalue weighted by molar-refractivity contribution is -0.181. The average molecular weight is 483 g/mol. The van der Waals surface area contributed by atoms with Gasteiger partial charge in [0.15, 0.2) is 5.78 Å². The molecule has 0 saturated heterocycles. The van der Waals surface area contributed by atoms with Crippen LogP contribution < -0.4 is 9.47 Å². The van der Waals surface area contributed by atoms with Gasteiger partial charge in [0.2, 0.25) is 5.78 Å². The zero-order valence-corrected chi connectivity index (χ0v) is 21.1. The fourth-order valence-electron chi connectivity index (χ4n) is 8.22. The molecular weight excluding hydrogens is 444 g/mol. The normalized spacial score (nSPS) is 40.3. The quantitative estimate of drug-likeness (QED) is 0.629. The van der Waals surface area contributed by atoms with Gasteiger partial charge in [-0.1, -0.05) is 19.4 Å². The average Bonchev–Trinajstić information content (AvgIpc) is 3.10. The first-order valence-corrected chi connectivity index (χ1v) is 13.2. The van der Waals surface area contributed by atoms with Crippen molar-refractivity contribution in [2.45, 2.75) is 77.4 Å². The number of aliphatic hydroxyl groups excluding tert-OH is 1. The van der Waals surface area contributed by atoms with Gasteiger partial charge in [0.05, 0.1) is 12.7 Å². The molecule has 6 nitrogen and oxygen atoms in total. The molecule has 6 heteroatoms. The number of ketones is 2. The lowest BCUT2D eigenvalue weighted by Crippen LogP contribution is -2.62. The molecule has 0 radical (unpaired) electrons. The molecule has 0 aromatic heterocycles. The number of rotatable bonds is 6. The molecule has 4 aliphatic carbocycles. The van der Waals surface area contributed by atoms with Crippen LogP contribution in [0.4, 0.5) is 0 Å². The second kappa shape index (κ2) is 8.74. The predicted molar refractivity (Wildman–Crippen MR) is 131 cm³/mol. The van der Waals surface area contributed by atoms with Crippen LogP contribution in [0.2, 0.25) is 0 Å². The molecule has 2 N–H and O–H groups in total. The van der Waals surface area contributed by atoms with Crippen molar-refractivity contribution in [2.24, 2.45) is 28.6 Å². The van der Waals surface area contributed by atoms with Gasteiger partial charge in [-0.3, -0.25) is 9.59 Å². The Bertz CT molecular complexity index is 1030. The maximum Gasteiger partial charge on any atom is 0.202 e. The Morgan fingerprint density at radius 1 is 1.06 bits per heavy atom. The van der Waals surface area contributed by atoms with E-state index < -0.39 is 17.1 Å². The zero-order valence-electron chi connectivity index (χ0n) is 21.1. The largest absolute Gasteiger partial charge is 0.494 e. The molecule has 0 aliphatic heterocycles. The summed E-state index contributed by atoms with van der Waals surface area (Å²) in [7, 11) is 0. The molecule has 0 heterocycles. The maximum absolute atomic E-state index is 13.4. The molecule has 5 rings (SSSR count). The van der Waals surface area contributed by atoms with Gasteiger partial charge in [-0.15, -0.1) is 0 Å². The van der Waals surface area contributed by atoms with Gasteiger partial charge in [-0.2, -0.15) is 0 Å². The third-order valence-electron chi connectivity index (χ3n) is 10.0. The van der Waals surface area contributed by atoms with E-state index in [1.807, 2.05) is 19.9 Å². The topological polar surface area (TPSA) is 93.1 Å². The highest BCUT2D eigenvalue weighted by Gasteiger charge is 2.68. The number of Topliss-reactive ketones (excluding diaryl/α,β-unsaturated/α-hetero) is 1. The number of carbonyl (C=O) groups is 2. The molecule has 5 unspecified atom stereocenters. The van der Waals surface area contributed by atoms with E-state index in [9.17, 15) is 19.8 Å². The van der Waals surface area contributed by atoms with Gasteiger partial charge >= 0.3 is 0 Å². The van der Waals surface area contributed by atoms with Crippen molar-refractivity contribution in [1.82, 2.24) is 0 Å². The van der Waals surface area contributed by atoms with Crippen LogP contribution >= 0.6 is 0 Å². The Labute approximate surface area is 207 Å². The summed E-state index contributed by atoms with van der Waals surface area (Å²) in [5, 5.41) is 23.3. The lowest BCUT2D eigenvalue weighted by Gasteiger charge is -2.60. The molecule has 190 valence electrons. The fraction of sp³-hybridized carbons (Fsp3) is 0.655. The predicted octanol–water partition coefficient (Wildman–Crippen LogP) is 4.27. The Morgan fingerprint density at radius 2 is 1.74 bits per heavy atom. The van der Waals surface area contributed by atoms with Crippen LogP contribution in [0.1, 0.15) is 65.7 Å². The molecule has 0 amide bonds. The summed E-state index contributed by atoms with van der Waals surface area (Å²) in [6.07, 6.45) is 5.82. The van der Waals surface area contributed by atoms with Crippen molar-refractivity contribution in [1.29, 1.82) is 0 Å². The van der Waals surface area contributed by atoms with Crippen molar-refractivity contribution >= 4 is 11.6 Å². The van der Waals surface area contributed by atoms with E-state index in [4.69, 9.17) is 9.47 Å². The number of fused-ring (bicyclic) bond motifs is 5. The molecule has 1 aromatic carbocycles. The number of benzene rings is 1. The highest BCUT2D eigenvalue weighted by molar-refractivity contribution is 5.92. The van der Waals surface area contributed by atoms with Crippen LogP contribution in [-0.2, 0) is 9.59 Å². The maximum atomic E-state index is 13.4. The smallest absolute Gasteiger partial charge is 0.202 e. The molecule has 1 aromatic rings. The number of hydrogen-bond donors (Lipinski definition) is 2. The van der Waals surface area contributed by atoms with Gasteiger partial charge in [-0.05, 0) is 99.0 Å².